The Bertz CT molecular complexity index is 975. The summed E-state index contributed by atoms with van der Waals surface area (Å²) >= 11 is 6.02. The fraction of sp³-hybridized carbons (Fsp3) is 0.278. The number of nitrogens with zero attached hydrogens (tertiary/aromatic N) is 2. The number of para-hydroxylation sites is 1. The molecule has 0 amide bonds. The van der Waals surface area contributed by atoms with Crippen LogP contribution < -0.4 is 10.1 Å². The molecule has 0 unspecified atom stereocenters. The number of anilines is 2. The van der Waals surface area contributed by atoms with Gasteiger partial charge >= 0.3 is 0 Å². The van der Waals surface area contributed by atoms with Crippen molar-refractivity contribution in [3.8, 4) is 0 Å². The van der Waals surface area contributed by atoms with E-state index >= 15 is 0 Å². The Morgan fingerprint density at radius 2 is 1.86 bits per heavy atom. The van der Waals surface area contributed by atoms with Crippen molar-refractivity contribution in [2.45, 2.75) is 31.6 Å². The molecule has 0 heterocycles. The number of hydrogen-bond acceptors (Lipinski definition) is 6. The van der Waals surface area contributed by atoms with Crippen molar-refractivity contribution < 1.29 is 13.3 Å². The van der Waals surface area contributed by atoms with Gasteiger partial charge in [0.25, 0.3) is 15.7 Å². The molecule has 150 valence electrons. The average Bonchev–Trinajstić information content (AvgIpc) is 2.67. The number of rotatable bonds is 9. The van der Waals surface area contributed by atoms with E-state index in [1.54, 1.807) is 18.3 Å². The predicted molar refractivity (Wildman–Crippen MR) is 112 cm³/mol. The minimum Gasteiger partial charge on any atom is -0.278 e. The van der Waals surface area contributed by atoms with Gasteiger partial charge in [-0.15, -0.1) is 0 Å². The number of non-ortho nitro benzene ring substituents is 1. The van der Waals surface area contributed by atoms with Crippen molar-refractivity contribution in [2.24, 2.45) is 11.0 Å². The molecule has 8 nitrogen and oxygen atoms in total. The van der Waals surface area contributed by atoms with E-state index in [1.165, 1.54) is 24.3 Å². The first-order chi connectivity index (χ1) is 13.3. The topological polar surface area (TPSA) is 114 Å². The van der Waals surface area contributed by atoms with Crippen molar-refractivity contribution in [2.75, 3.05) is 10.1 Å². The summed E-state index contributed by atoms with van der Waals surface area (Å²) in [6.07, 6.45) is 3.47. The van der Waals surface area contributed by atoms with E-state index < -0.39 is 14.9 Å². The van der Waals surface area contributed by atoms with E-state index in [9.17, 15) is 18.5 Å². The number of nitro benzene ring substituents is 1. The Labute approximate surface area is 168 Å². The number of nitrogens with one attached hydrogen (secondary N) is 2. The number of benzene rings is 2. The number of hydrogen-bond donors (Lipinski definition) is 2. The second kappa shape index (κ2) is 9.52. The molecule has 2 aromatic rings. The van der Waals surface area contributed by atoms with E-state index in [0.717, 1.165) is 18.9 Å². The molecule has 0 radical (unpaired) electrons. The molecule has 2 aromatic carbocycles. The third-order valence-electron chi connectivity index (χ3n) is 4.10. The summed E-state index contributed by atoms with van der Waals surface area (Å²) in [7, 11) is -4.16. The van der Waals surface area contributed by atoms with Crippen LogP contribution in [0.2, 0.25) is 5.02 Å². The van der Waals surface area contributed by atoms with Crippen molar-refractivity contribution in [1.29, 1.82) is 0 Å². The van der Waals surface area contributed by atoms with Gasteiger partial charge in [-0.25, -0.2) is 8.42 Å². The van der Waals surface area contributed by atoms with Crippen molar-refractivity contribution in [1.82, 2.24) is 0 Å². The Morgan fingerprint density at radius 1 is 1.18 bits per heavy atom. The predicted octanol–water partition coefficient (Wildman–Crippen LogP) is 4.88. The highest BCUT2D eigenvalue weighted by Gasteiger charge is 2.23. The molecular weight excluding hydrogens is 404 g/mol. The minimum atomic E-state index is -4.16. The smallest absolute Gasteiger partial charge is 0.270 e. The molecule has 0 aliphatic heterocycles. The molecule has 10 heteroatoms. The largest absolute Gasteiger partial charge is 0.278 e. The van der Waals surface area contributed by atoms with Gasteiger partial charge in [0.1, 0.15) is 4.90 Å². The summed E-state index contributed by atoms with van der Waals surface area (Å²) in [5.74, 6) is 0.242. The molecule has 0 atom stereocenters. The van der Waals surface area contributed by atoms with Gasteiger partial charge in [-0.1, -0.05) is 37.6 Å². The van der Waals surface area contributed by atoms with Gasteiger partial charge < -0.3 is 0 Å². The average molecular weight is 425 g/mol. The molecule has 0 saturated heterocycles. The molecule has 0 aromatic heterocycles. The summed E-state index contributed by atoms with van der Waals surface area (Å²) in [5.41, 5.74) is 2.61. The van der Waals surface area contributed by atoms with Gasteiger partial charge in [0, 0.05) is 18.3 Å². The maximum absolute atomic E-state index is 12.9. The van der Waals surface area contributed by atoms with Crippen LogP contribution in [0.3, 0.4) is 0 Å². The third-order valence-corrected chi connectivity index (χ3v) is 5.84. The SMILES string of the molecule is CCC(/C=N/Nc1ccc([N+](=O)[O-])cc1S(=O)(=O)Nc1ccccc1Cl)CC. The number of sulfonamides is 1. The Hall–Kier alpha value is -2.65. The molecule has 0 aliphatic rings. The van der Waals surface area contributed by atoms with Gasteiger partial charge in [0.05, 0.1) is 21.3 Å². The summed E-state index contributed by atoms with van der Waals surface area (Å²) in [6, 6.07) is 9.81. The summed E-state index contributed by atoms with van der Waals surface area (Å²) < 4.78 is 28.1. The fourth-order valence-corrected chi connectivity index (χ4v) is 3.89. The van der Waals surface area contributed by atoms with Crippen LogP contribution >= 0.6 is 11.6 Å². The van der Waals surface area contributed by atoms with Crippen molar-refractivity contribution >= 4 is 44.9 Å². The molecule has 0 bridgehead atoms. The molecule has 2 rings (SSSR count). The quantitative estimate of drug-likeness (QED) is 0.338. The second-order valence-corrected chi connectivity index (χ2v) is 8.05. The molecule has 0 saturated carbocycles. The van der Waals surface area contributed by atoms with Gasteiger partial charge in [-0.05, 0) is 37.0 Å². The van der Waals surface area contributed by atoms with Crippen LogP contribution in [0.25, 0.3) is 0 Å². The normalized spacial score (nSPS) is 11.7. The van der Waals surface area contributed by atoms with Crippen LogP contribution in [0.15, 0.2) is 52.5 Å². The summed E-state index contributed by atoms with van der Waals surface area (Å²) in [6.45, 7) is 4.05. The van der Waals surface area contributed by atoms with Crippen LogP contribution in [0.1, 0.15) is 26.7 Å². The lowest BCUT2D eigenvalue weighted by Gasteiger charge is -2.13. The highest BCUT2D eigenvalue weighted by molar-refractivity contribution is 7.93. The van der Waals surface area contributed by atoms with Crippen LogP contribution in [0.5, 0.6) is 0 Å². The van der Waals surface area contributed by atoms with E-state index in [-0.39, 0.29) is 32.9 Å². The first-order valence-corrected chi connectivity index (χ1v) is 10.5. The van der Waals surface area contributed by atoms with Crippen LogP contribution in [0.4, 0.5) is 17.1 Å². The highest BCUT2D eigenvalue weighted by atomic mass is 35.5. The van der Waals surface area contributed by atoms with Crippen LogP contribution in [0, 0.1) is 16.0 Å². The summed E-state index contributed by atoms with van der Waals surface area (Å²) in [5, 5.41) is 15.4. The van der Waals surface area contributed by atoms with Crippen molar-refractivity contribution in [3.63, 3.8) is 0 Å². The lowest BCUT2D eigenvalue weighted by atomic mass is 10.1. The van der Waals surface area contributed by atoms with E-state index in [1.807, 2.05) is 13.8 Å². The molecule has 2 N–H and O–H groups in total. The molecule has 0 spiro atoms. The standard InChI is InChI=1S/C18H21ClN4O4S/c1-3-13(4-2)12-20-21-17-10-9-14(23(24)25)11-18(17)28(26,27)22-16-8-6-5-7-15(16)19/h5-13,21-22H,3-4H2,1-2H3/b20-12+. The van der Waals surface area contributed by atoms with E-state index in [2.05, 4.69) is 15.2 Å². The van der Waals surface area contributed by atoms with Gasteiger partial charge in [0.2, 0.25) is 0 Å². The maximum atomic E-state index is 12.9. The molecule has 28 heavy (non-hydrogen) atoms. The Morgan fingerprint density at radius 3 is 2.46 bits per heavy atom. The minimum absolute atomic E-state index is 0.118. The lowest BCUT2D eigenvalue weighted by molar-refractivity contribution is -0.385. The molecular formula is C18H21ClN4O4S. The lowest BCUT2D eigenvalue weighted by Crippen LogP contribution is -2.15. The van der Waals surface area contributed by atoms with Gasteiger partial charge in [-0.3, -0.25) is 20.3 Å². The number of halogens is 1. The monoisotopic (exact) mass is 424 g/mol. The van der Waals surface area contributed by atoms with Crippen molar-refractivity contribution in [3.05, 3.63) is 57.6 Å². The fourth-order valence-electron chi connectivity index (χ4n) is 2.39. The zero-order valence-corrected chi connectivity index (χ0v) is 17.0. The second-order valence-electron chi connectivity index (χ2n) is 5.99. The highest BCUT2D eigenvalue weighted by Crippen LogP contribution is 2.30. The Balaban J connectivity index is 2.42. The first kappa shape index (κ1) is 21.6. The van der Waals surface area contributed by atoms with Gasteiger partial charge in [-0.2, -0.15) is 5.10 Å². The van der Waals surface area contributed by atoms with E-state index in [4.69, 9.17) is 11.6 Å². The third kappa shape index (κ3) is 5.43. The zero-order chi connectivity index (χ0) is 20.7. The maximum Gasteiger partial charge on any atom is 0.270 e. The molecule has 0 aliphatic carbocycles. The zero-order valence-electron chi connectivity index (χ0n) is 15.4. The molecule has 0 fully saturated rings. The number of nitro groups is 1. The van der Waals surface area contributed by atoms with Crippen LogP contribution in [-0.2, 0) is 10.0 Å². The van der Waals surface area contributed by atoms with E-state index in [0.29, 0.717) is 0 Å². The first-order valence-electron chi connectivity index (χ1n) is 8.63. The summed E-state index contributed by atoms with van der Waals surface area (Å²) in [4.78, 5) is 10.1. The van der Waals surface area contributed by atoms with Crippen LogP contribution in [-0.4, -0.2) is 19.6 Å². The Kier molecular flexibility index (Phi) is 7.36. The van der Waals surface area contributed by atoms with Gasteiger partial charge in [0.15, 0.2) is 0 Å². The number of hydrazone groups is 1.